The molecule has 146 valence electrons. The summed E-state index contributed by atoms with van der Waals surface area (Å²) in [5.74, 6) is -1.52. The highest BCUT2D eigenvalue weighted by atomic mass is 32.1. The number of hydrogen-bond acceptors (Lipinski definition) is 3. The van der Waals surface area contributed by atoms with Gasteiger partial charge in [-0.25, -0.2) is 0 Å². The molecule has 1 saturated carbocycles. The average molecular weight is 398 g/mol. The average Bonchev–Trinajstić information content (AvgIpc) is 2.96. The van der Waals surface area contributed by atoms with Crippen molar-refractivity contribution in [2.45, 2.75) is 51.4 Å². The van der Waals surface area contributed by atoms with E-state index in [0.29, 0.717) is 25.1 Å². The second-order valence-corrected chi connectivity index (χ2v) is 7.30. The van der Waals surface area contributed by atoms with Gasteiger partial charge in [-0.1, -0.05) is 42.7 Å². The molecule has 5 nitrogen and oxygen atoms in total. The number of aromatic nitrogens is 3. The summed E-state index contributed by atoms with van der Waals surface area (Å²) in [4.78, 5) is 12.5. The number of carbonyl (C=O) groups excluding carboxylic acids is 1. The summed E-state index contributed by atoms with van der Waals surface area (Å²) < 4.78 is 41.4. The molecule has 1 aliphatic carbocycles. The molecule has 27 heavy (non-hydrogen) atoms. The number of alkyl halides is 3. The summed E-state index contributed by atoms with van der Waals surface area (Å²) in [6.45, 7) is 1.77. The number of H-pyrrole nitrogens is 1. The summed E-state index contributed by atoms with van der Waals surface area (Å²) in [6.07, 6.45) is -2.72. The van der Waals surface area contributed by atoms with Crippen LogP contribution in [0.15, 0.2) is 24.3 Å². The van der Waals surface area contributed by atoms with Crippen LogP contribution in [0.1, 0.15) is 31.2 Å². The molecule has 3 rings (SSSR count). The SMILES string of the molecule is Cc1ccc(-c2n[nH]c(=S)n2CC(=O)N[C@H]2CCCC[C@H]2C(F)(F)F)cc1. The van der Waals surface area contributed by atoms with Gasteiger partial charge in [0.2, 0.25) is 5.91 Å². The summed E-state index contributed by atoms with van der Waals surface area (Å²) in [6, 6.07) is 6.64. The molecule has 1 fully saturated rings. The molecule has 1 aliphatic rings. The molecule has 0 saturated heterocycles. The molecule has 1 amide bonds. The molecule has 0 unspecified atom stereocenters. The van der Waals surface area contributed by atoms with E-state index >= 15 is 0 Å². The van der Waals surface area contributed by atoms with E-state index in [-0.39, 0.29) is 17.7 Å². The van der Waals surface area contributed by atoms with Crippen molar-refractivity contribution in [3.05, 3.63) is 34.6 Å². The molecule has 1 aromatic carbocycles. The molecule has 0 aliphatic heterocycles. The Morgan fingerprint density at radius 1 is 1.30 bits per heavy atom. The van der Waals surface area contributed by atoms with Crippen molar-refractivity contribution in [1.82, 2.24) is 20.1 Å². The van der Waals surface area contributed by atoms with E-state index in [0.717, 1.165) is 11.1 Å². The maximum absolute atomic E-state index is 13.2. The van der Waals surface area contributed by atoms with Gasteiger partial charge in [-0.2, -0.15) is 18.3 Å². The Morgan fingerprint density at radius 2 is 1.96 bits per heavy atom. The Morgan fingerprint density at radius 3 is 2.63 bits per heavy atom. The van der Waals surface area contributed by atoms with Gasteiger partial charge in [0, 0.05) is 11.6 Å². The van der Waals surface area contributed by atoms with E-state index in [1.54, 1.807) is 0 Å². The van der Waals surface area contributed by atoms with E-state index in [4.69, 9.17) is 12.2 Å². The third-order valence-corrected chi connectivity index (χ3v) is 5.21. The molecule has 9 heteroatoms. The van der Waals surface area contributed by atoms with Crippen molar-refractivity contribution in [3.63, 3.8) is 0 Å². The van der Waals surface area contributed by atoms with Gasteiger partial charge in [-0.3, -0.25) is 14.5 Å². The zero-order chi connectivity index (χ0) is 19.6. The number of aryl methyl sites for hydroxylation is 1. The van der Waals surface area contributed by atoms with Gasteiger partial charge in [0.1, 0.15) is 6.54 Å². The van der Waals surface area contributed by atoms with Crippen LogP contribution in [0.5, 0.6) is 0 Å². The Bertz CT molecular complexity index is 857. The first kappa shape index (κ1) is 19.6. The molecule has 1 aromatic heterocycles. The lowest BCUT2D eigenvalue weighted by Crippen LogP contribution is -2.48. The highest BCUT2D eigenvalue weighted by molar-refractivity contribution is 7.71. The van der Waals surface area contributed by atoms with Crippen molar-refractivity contribution >= 4 is 18.1 Å². The van der Waals surface area contributed by atoms with Crippen LogP contribution in [0.3, 0.4) is 0 Å². The topological polar surface area (TPSA) is 62.7 Å². The van der Waals surface area contributed by atoms with Crippen molar-refractivity contribution in [2.75, 3.05) is 0 Å². The number of benzene rings is 1. The highest BCUT2D eigenvalue weighted by Crippen LogP contribution is 2.37. The van der Waals surface area contributed by atoms with Crippen LogP contribution in [0.25, 0.3) is 11.4 Å². The minimum absolute atomic E-state index is 0.0498. The van der Waals surface area contributed by atoms with Crippen LogP contribution in [-0.2, 0) is 11.3 Å². The Hall–Kier alpha value is -2.16. The minimum Gasteiger partial charge on any atom is -0.351 e. The van der Waals surface area contributed by atoms with E-state index in [1.807, 2.05) is 31.2 Å². The largest absolute Gasteiger partial charge is 0.393 e. The van der Waals surface area contributed by atoms with Gasteiger partial charge in [0.05, 0.1) is 5.92 Å². The number of nitrogens with one attached hydrogen (secondary N) is 2. The van der Waals surface area contributed by atoms with Crippen LogP contribution in [0.2, 0.25) is 0 Å². The summed E-state index contributed by atoms with van der Waals surface area (Å²) in [5.41, 5.74) is 1.85. The van der Waals surface area contributed by atoms with Gasteiger partial charge < -0.3 is 5.32 Å². The van der Waals surface area contributed by atoms with Crippen LogP contribution in [-0.4, -0.2) is 32.9 Å². The van der Waals surface area contributed by atoms with Crippen LogP contribution in [0.4, 0.5) is 13.2 Å². The highest BCUT2D eigenvalue weighted by Gasteiger charge is 2.45. The van der Waals surface area contributed by atoms with E-state index in [2.05, 4.69) is 15.5 Å². The monoisotopic (exact) mass is 398 g/mol. The molecule has 2 aromatic rings. The number of nitrogens with zero attached hydrogens (tertiary/aromatic N) is 2. The maximum atomic E-state index is 13.2. The molecule has 1 heterocycles. The molecule has 2 N–H and O–H groups in total. The van der Waals surface area contributed by atoms with Crippen molar-refractivity contribution in [1.29, 1.82) is 0 Å². The standard InChI is InChI=1S/C18H21F3N4OS/c1-11-6-8-12(9-7-11)16-23-24-17(27)25(16)10-15(26)22-14-5-3-2-4-13(14)18(19,20)21/h6-9,13-14H,2-5,10H2,1H3,(H,22,26)(H,24,27)/t13-,14+/m1/s1. The lowest BCUT2D eigenvalue weighted by molar-refractivity contribution is -0.189. The first-order valence-electron chi connectivity index (χ1n) is 8.84. The molecule has 2 atom stereocenters. The van der Waals surface area contributed by atoms with Gasteiger partial charge in [-0.05, 0) is 32.0 Å². The second-order valence-electron chi connectivity index (χ2n) is 6.91. The molecule has 0 spiro atoms. The lowest BCUT2D eigenvalue weighted by Gasteiger charge is -2.33. The number of halogens is 3. The predicted molar refractivity (Wildman–Crippen MR) is 97.5 cm³/mol. The lowest BCUT2D eigenvalue weighted by atomic mass is 9.84. The van der Waals surface area contributed by atoms with E-state index < -0.39 is 24.0 Å². The zero-order valence-corrected chi connectivity index (χ0v) is 15.7. The van der Waals surface area contributed by atoms with Crippen LogP contribution in [0, 0.1) is 17.6 Å². The second kappa shape index (κ2) is 7.84. The number of carbonyl (C=O) groups is 1. The number of amides is 1. The zero-order valence-electron chi connectivity index (χ0n) is 14.8. The molecule has 0 bridgehead atoms. The normalized spacial score (nSPS) is 20.4. The Labute approximate surface area is 160 Å². The first-order chi connectivity index (χ1) is 12.8. The molecule has 0 radical (unpaired) electrons. The van der Waals surface area contributed by atoms with E-state index in [9.17, 15) is 18.0 Å². The first-order valence-corrected chi connectivity index (χ1v) is 9.25. The Balaban J connectivity index is 1.76. The third kappa shape index (κ3) is 4.58. The van der Waals surface area contributed by atoms with Gasteiger partial charge in [0.25, 0.3) is 0 Å². The van der Waals surface area contributed by atoms with Gasteiger partial charge in [-0.15, -0.1) is 0 Å². The fourth-order valence-corrected chi connectivity index (χ4v) is 3.68. The molecular formula is C18H21F3N4OS. The predicted octanol–water partition coefficient (Wildman–Crippen LogP) is 4.15. The number of hydrogen-bond donors (Lipinski definition) is 2. The smallest absolute Gasteiger partial charge is 0.351 e. The fourth-order valence-electron chi connectivity index (χ4n) is 3.48. The van der Waals surface area contributed by atoms with E-state index in [1.165, 1.54) is 4.57 Å². The number of aromatic amines is 1. The fraction of sp³-hybridized carbons (Fsp3) is 0.500. The minimum atomic E-state index is -4.31. The summed E-state index contributed by atoms with van der Waals surface area (Å²) >= 11 is 5.19. The van der Waals surface area contributed by atoms with Crippen molar-refractivity contribution in [2.24, 2.45) is 5.92 Å². The van der Waals surface area contributed by atoms with Crippen molar-refractivity contribution in [3.8, 4) is 11.4 Å². The summed E-state index contributed by atoms with van der Waals surface area (Å²) in [5, 5.41) is 9.36. The van der Waals surface area contributed by atoms with Crippen LogP contribution >= 0.6 is 12.2 Å². The summed E-state index contributed by atoms with van der Waals surface area (Å²) in [7, 11) is 0. The third-order valence-electron chi connectivity index (χ3n) is 4.90. The van der Waals surface area contributed by atoms with Crippen LogP contribution < -0.4 is 5.32 Å². The number of rotatable bonds is 4. The quantitative estimate of drug-likeness (QED) is 0.761. The maximum Gasteiger partial charge on any atom is 0.393 e. The van der Waals surface area contributed by atoms with Crippen molar-refractivity contribution < 1.29 is 18.0 Å². The molecular weight excluding hydrogens is 377 g/mol. The van der Waals surface area contributed by atoms with Gasteiger partial charge in [0.15, 0.2) is 10.6 Å². The van der Waals surface area contributed by atoms with Gasteiger partial charge >= 0.3 is 6.18 Å². The Kier molecular flexibility index (Phi) is 5.69.